The van der Waals surface area contributed by atoms with Gasteiger partial charge in [0.1, 0.15) is 0 Å². The van der Waals surface area contributed by atoms with E-state index in [-0.39, 0.29) is 0 Å². The number of aliphatic carboxylic acids is 1. The average Bonchev–Trinajstić information content (AvgIpc) is 2.07. The normalized spacial score (nSPS) is 12.4. The predicted octanol–water partition coefficient (Wildman–Crippen LogP) is 1.78. The Labute approximate surface area is 76.6 Å². The van der Waals surface area contributed by atoms with Crippen molar-refractivity contribution in [3.8, 4) is 0 Å². The summed E-state index contributed by atoms with van der Waals surface area (Å²) in [7, 11) is 0. The third-order valence-corrected chi connectivity index (χ3v) is 2.05. The van der Waals surface area contributed by atoms with E-state index in [9.17, 15) is 4.79 Å². The molecule has 1 aromatic rings. The summed E-state index contributed by atoms with van der Waals surface area (Å²) in [6.07, 6.45) is 0. The van der Waals surface area contributed by atoms with E-state index in [2.05, 4.69) is 12.6 Å². The molecule has 0 aliphatic rings. The van der Waals surface area contributed by atoms with Crippen molar-refractivity contribution in [3.63, 3.8) is 0 Å². The van der Waals surface area contributed by atoms with Crippen LogP contribution in [0.25, 0.3) is 0 Å². The van der Waals surface area contributed by atoms with Crippen LogP contribution in [0.15, 0.2) is 30.3 Å². The molecule has 1 atom stereocenters. The lowest BCUT2D eigenvalue weighted by molar-refractivity contribution is -0.138. The summed E-state index contributed by atoms with van der Waals surface area (Å²) in [6, 6.07) is 9.12. The van der Waals surface area contributed by atoms with Gasteiger partial charge < -0.3 is 5.11 Å². The summed E-state index contributed by atoms with van der Waals surface area (Å²) >= 11 is 3.99. The lowest BCUT2D eigenvalue weighted by atomic mass is 10.0. The van der Waals surface area contributed by atoms with Crippen LogP contribution in [0, 0.1) is 0 Å². The van der Waals surface area contributed by atoms with Crippen LogP contribution in [0.2, 0.25) is 0 Å². The molecular weight excluding hydrogens is 172 g/mol. The van der Waals surface area contributed by atoms with Gasteiger partial charge in [0.25, 0.3) is 0 Å². The second-order valence-corrected chi connectivity index (χ2v) is 2.85. The van der Waals surface area contributed by atoms with E-state index in [4.69, 9.17) is 5.11 Å². The molecule has 0 aromatic heterocycles. The molecule has 0 fully saturated rings. The Morgan fingerprint density at radius 3 is 2.42 bits per heavy atom. The molecule has 12 heavy (non-hydrogen) atoms. The first kappa shape index (κ1) is 9.13. The van der Waals surface area contributed by atoms with Gasteiger partial charge in [0.05, 0.1) is 5.92 Å². The van der Waals surface area contributed by atoms with E-state index in [1.54, 1.807) is 12.1 Å². The molecule has 0 saturated carbocycles. The second kappa shape index (κ2) is 4.16. The Morgan fingerprint density at radius 1 is 1.42 bits per heavy atom. The Morgan fingerprint density at radius 2 is 2.00 bits per heavy atom. The lowest BCUT2D eigenvalue weighted by Gasteiger charge is -2.08. The van der Waals surface area contributed by atoms with Crippen LogP contribution < -0.4 is 0 Å². The average molecular weight is 182 g/mol. The zero-order valence-electron chi connectivity index (χ0n) is 6.47. The summed E-state index contributed by atoms with van der Waals surface area (Å²) in [5.41, 5.74) is 0.806. The summed E-state index contributed by atoms with van der Waals surface area (Å²) in [4.78, 5) is 10.7. The zero-order valence-corrected chi connectivity index (χ0v) is 7.37. The Hall–Kier alpha value is -0.960. The third kappa shape index (κ3) is 2.01. The van der Waals surface area contributed by atoms with Gasteiger partial charge in [-0.1, -0.05) is 30.3 Å². The molecule has 0 heterocycles. The first-order valence-corrected chi connectivity index (χ1v) is 4.27. The Balaban J connectivity index is 2.88. The van der Waals surface area contributed by atoms with Gasteiger partial charge in [0, 0.05) is 5.75 Å². The maximum atomic E-state index is 10.7. The fourth-order valence-corrected chi connectivity index (χ4v) is 1.38. The fraction of sp³-hybridized carbons (Fsp3) is 0.222. The van der Waals surface area contributed by atoms with Crippen molar-refractivity contribution < 1.29 is 9.90 Å². The molecule has 0 radical (unpaired) electrons. The van der Waals surface area contributed by atoms with E-state index in [1.807, 2.05) is 18.2 Å². The number of carboxylic acids is 1. The molecule has 0 bridgehead atoms. The molecular formula is C9H10O2S. The van der Waals surface area contributed by atoms with Crippen molar-refractivity contribution >= 4 is 18.6 Å². The Kier molecular flexibility index (Phi) is 3.17. The number of thiol groups is 1. The number of carboxylic acid groups (broad SMARTS) is 1. The van der Waals surface area contributed by atoms with Gasteiger partial charge in [-0.15, -0.1) is 0 Å². The monoisotopic (exact) mass is 182 g/mol. The molecule has 0 saturated heterocycles. The van der Waals surface area contributed by atoms with Gasteiger partial charge >= 0.3 is 5.97 Å². The molecule has 2 nitrogen and oxygen atoms in total. The van der Waals surface area contributed by atoms with Gasteiger partial charge in [-0.3, -0.25) is 4.79 Å². The topological polar surface area (TPSA) is 37.3 Å². The lowest BCUT2D eigenvalue weighted by Crippen LogP contribution is -2.12. The van der Waals surface area contributed by atoms with E-state index < -0.39 is 11.9 Å². The van der Waals surface area contributed by atoms with Gasteiger partial charge in [0.15, 0.2) is 0 Å². The first-order chi connectivity index (χ1) is 5.75. The van der Waals surface area contributed by atoms with Crippen LogP contribution in [0.4, 0.5) is 0 Å². The van der Waals surface area contributed by atoms with E-state index >= 15 is 0 Å². The van der Waals surface area contributed by atoms with Gasteiger partial charge in [0.2, 0.25) is 0 Å². The highest BCUT2D eigenvalue weighted by atomic mass is 32.1. The number of benzene rings is 1. The van der Waals surface area contributed by atoms with E-state index in [1.165, 1.54) is 0 Å². The van der Waals surface area contributed by atoms with Gasteiger partial charge in [-0.2, -0.15) is 12.6 Å². The van der Waals surface area contributed by atoms with Crippen molar-refractivity contribution in [2.24, 2.45) is 0 Å². The van der Waals surface area contributed by atoms with Crippen molar-refractivity contribution in [2.75, 3.05) is 5.75 Å². The van der Waals surface area contributed by atoms with Crippen LogP contribution in [-0.2, 0) is 4.79 Å². The van der Waals surface area contributed by atoms with Crippen molar-refractivity contribution in [1.29, 1.82) is 0 Å². The number of hydrogen-bond acceptors (Lipinski definition) is 2. The maximum absolute atomic E-state index is 10.7. The van der Waals surface area contributed by atoms with Crippen LogP contribution in [0.5, 0.6) is 0 Å². The van der Waals surface area contributed by atoms with E-state index in [0.29, 0.717) is 5.75 Å². The zero-order chi connectivity index (χ0) is 8.97. The SMILES string of the molecule is O=C(O)C(CS)c1ccccc1. The molecule has 1 unspecified atom stereocenters. The first-order valence-electron chi connectivity index (χ1n) is 3.64. The minimum Gasteiger partial charge on any atom is -0.481 e. The van der Waals surface area contributed by atoms with Crippen molar-refractivity contribution in [2.45, 2.75) is 5.92 Å². The standard InChI is InChI=1S/C9H10O2S/c10-9(11)8(6-12)7-4-2-1-3-5-7/h1-5,8,12H,6H2,(H,10,11). The third-order valence-electron chi connectivity index (χ3n) is 1.68. The van der Waals surface area contributed by atoms with E-state index in [0.717, 1.165) is 5.56 Å². The largest absolute Gasteiger partial charge is 0.481 e. The van der Waals surface area contributed by atoms with Crippen LogP contribution >= 0.6 is 12.6 Å². The highest BCUT2D eigenvalue weighted by Crippen LogP contribution is 2.16. The molecule has 0 aliphatic carbocycles. The minimum atomic E-state index is -0.823. The number of hydrogen-bond donors (Lipinski definition) is 2. The van der Waals surface area contributed by atoms with Crippen molar-refractivity contribution in [1.82, 2.24) is 0 Å². The van der Waals surface area contributed by atoms with Crippen LogP contribution in [-0.4, -0.2) is 16.8 Å². The molecule has 3 heteroatoms. The number of carbonyl (C=O) groups is 1. The quantitative estimate of drug-likeness (QED) is 0.699. The summed E-state index contributed by atoms with van der Waals surface area (Å²) in [6.45, 7) is 0. The summed E-state index contributed by atoms with van der Waals surface area (Å²) in [5, 5.41) is 8.78. The maximum Gasteiger partial charge on any atom is 0.311 e. The Bertz CT molecular complexity index is 258. The molecule has 1 aromatic carbocycles. The van der Waals surface area contributed by atoms with Crippen molar-refractivity contribution in [3.05, 3.63) is 35.9 Å². The fourth-order valence-electron chi connectivity index (χ4n) is 1.01. The molecule has 1 N–H and O–H groups in total. The minimum absolute atomic E-state index is 0.333. The second-order valence-electron chi connectivity index (χ2n) is 2.48. The molecule has 1 rings (SSSR count). The van der Waals surface area contributed by atoms with Gasteiger partial charge in [-0.25, -0.2) is 0 Å². The summed E-state index contributed by atoms with van der Waals surface area (Å²) in [5.74, 6) is -0.981. The molecule has 0 spiro atoms. The van der Waals surface area contributed by atoms with Crippen LogP contribution in [0.3, 0.4) is 0 Å². The van der Waals surface area contributed by atoms with Gasteiger partial charge in [-0.05, 0) is 5.56 Å². The predicted molar refractivity (Wildman–Crippen MR) is 50.7 cm³/mol. The van der Waals surface area contributed by atoms with Crippen LogP contribution in [0.1, 0.15) is 11.5 Å². The molecule has 64 valence electrons. The smallest absolute Gasteiger partial charge is 0.311 e. The number of rotatable bonds is 3. The summed E-state index contributed by atoms with van der Waals surface area (Å²) < 4.78 is 0. The molecule has 0 amide bonds. The highest BCUT2D eigenvalue weighted by molar-refractivity contribution is 7.80. The highest BCUT2D eigenvalue weighted by Gasteiger charge is 2.16. The molecule has 0 aliphatic heterocycles.